The van der Waals surface area contributed by atoms with E-state index in [-0.39, 0.29) is 29.6 Å². The average molecular weight is 111 g/mol. The van der Waals surface area contributed by atoms with Gasteiger partial charge in [0.25, 0.3) is 0 Å². The number of hydrogen-bond acceptors (Lipinski definition) is 1. The molecule has 0 aliphatic carbocycles. The zero-order chi connectivity index (χ0) is 5.58. The minimum atomic E-state index is 0. The first kappa shape index (κ1) is 15.7. The molecule has 0 saturated heterocycles. The summed E-state index contributed by atoms with van der Waals surface area (Å²) in [5.41, 5.74) is 0. The molecule has 0 unspecified atom stereocenters. The molecule has 0 bridgehead atoms. The van der Waals surface area contributed by atoms with Crippen molar-refractivity contribution in [2.75, 3.05) is 21.1 Å². The second-order valence-corrected chi connectivity index (χ2v) is 1.34. The molecule has 1 nitrogen and oxygen atoms in total. The Morgan fingerprint density at radius 3 is 1.00 bits per heavy atom. The smallest absolute Gasteiger partial charge is 0.346 e. The van der Waals surface area contributed by atoms with Crippen molar-refractivity contribution in [3.63, 3.8) is 0 Å². The molecule has 0 aromatic carbocycles. The van der Waals surface area contributed by atoms with Gasteiger partial charge in [-0.15, -0.1) is 0 Å². The number of rotatable bonds is 0. The summed E-state index contributed by atoms with van der Waals surface area (Å²) in [6, 6.07) is 0. The van der Waals surface area contributed by atoms with E-state index in [2.05, 4.69) is 6.92 Å². The molecule has 0 aliphatic rings. The van der Waals surface area contributed by atoms with Crippen LogP contribution in [0.1, 0.15) is 6.92 Å². The Labute approximate surface area is 69.4 Å². The molecule has 0 rings (SSSR count). The summed E-state index contributed by atoms with van der Waals surface area (Å²) in [5.74, 6) is 0. The summed E-state index contributed by atoms with van der Waals surface area (Å²) in [5, 5.41) is 0. The topological polar surface area (TPSA) is 3.24 Å². The van der Waals surface area contributed by atoms with E-state index in [1.54, 1.807) is 6.92 Å². The quantitative estimate of drug-likeness (QED) is 0.259. The van der Waals surface area contributed by atoms with Crippen LogP contribution < -0.4 is 29.6 Å². The van der Waals surface area contributed by atoms with Gasteiger partial charge in [0.05, 0.1) is 0 Å². The van der Waals surface area contributed by atoms with Crippen molar-refractivity contribution in [1.82, 2.24) is 4.90 Å². The molecule has 0 aromatic rings. The van der Waals surface area contributed by atoms with Crippen molar-refractivity contribution >= 4 is 0 Å². The van der Waals surface area contributed by atoms with E-state index in [1.807, 2.05) is 26.0 Å². The molecule has 0 atom stereocenters. The molecule has 0 fully saturated rings. The Kier molecular flexibility index (Phi) is 35.3. The fourth-order valence-electron chi connectivity index (χ4n) is 0. The minimum absolute atomic E-state index is 0. The first-order valence-electron chi connectivity index (χ1n) is 2.05. The first-order chi connectivity index (χ1) is 2.73. The maximum absolute atomic E-state index is 3.25. The Hall–Kier alpha value is 0.960. The molecule has 0 aromatic heterocycles. The monoisotopic (exact) mass is 111 g/mol. The van der Waals surface area contributed by atoms with Crippen molar-refractivity contribution in [2.24, 2.45) is 0 Å². The summed E-state index contributed by atoms with van der Waals surface area (Å²) < 4.78 is 0. The van der Waals surface area contributed by atoms with Crippen LogP contribution in [0.2, 0.25) is 0 Å². The van der Waals surface area contributed by atoms with Crippen molar-refractivity contribution in [2.45, 2.75) is 6.92 Å². The van der Waals surface area contributed by atoms with E-state index in [0.717, 1.165) is 0 Å². The van der Waals surface area contributed by atoms with Gasteiger partial charge in [0.15, 0.2) is 0 Å². The van der Waals surface area contributed by atoms with Crippen LogP contribution >= 0.6 is 0 Å². The first-order valence-corrected chi connectivity index (χ1v) is 2.05. The summed E-state index contributed by atoms with van der Waals surface area (Å²) in [6.45, 7) is 5.00. The third kappa shape index (κ3) is 186. The van der Waals surface area contributed by atoms with Gasteiger partial charge in [-0.25, -0.2) is 0 Å². The van der Waals surface area contributed by atoms with Gasteiger partial charge >= 0.3 is 29.6 Å². The van der Waals surface area contributed by atoms with Gasteiger partial charge in [-0.1, -0.05) is 0 Å². The molecule has 0 aliphatic heterocycles. The van der Waals surface area contributed by atoms with Crippen molar-refractivity contribution in [3.05, 3.63) is 6.92 Å². The van der Waals surface area contributed by atoms with Gasteiger partial charge in [0, 0.05) is 0 Å². The largest absolute Gasteiger partial charge is 1.00 e. The van der Waals surface area contributed by atoms with Crippen molar-refractivity contribution in [1.29, 1.82) is 0 Å². The number of nitrogens with zero attached hydrogens (tertiary/aromatic N) is 1. The molecule has 7 heavy (non-hydrogen) atoms. The second-order valence-electron chi connectivity index (χ2n) is 1.34. The van der Waals surface area contributed by atoms with E-state index in [4.69, 9.17) is 0 Å². The molecular weight excluding hydrogens is 97.1 g/mol. The molecule has 0 saturated carbocycles. The normalized spacial score (nSPS) is 6.00. The minimum Gasteiger partial charge on any atom is -0.346 e. The molecule has 40 valence electrons. The van der Waals surface area contributed by atoms with Crippen molar-refractivity contribution < 1.29 is 29.6 Å². The Morgan fingerprint density at radius 2 is 1.00 bits per heavy atom. The van der Waals surface area contributed by atoms with Gasteiger partial charge in [0.2, 0.25) is 0 Å². The summed E-state index contributed by atoms with van der Waals surface area (Å²) in [7, 11) is 6.00. The molecule has 0 amide bonds. The van der Waals surface area contributed by atoms with Crippen LogP contribution in [0.3, 0.4) is 0 Å². The summed E-state index contributed by atoms with van der Waals surface area (Å²) in [6.07, 6.45) is 0. The van der Waals surface area contributed by atoms with E-state index in [1.165, 1.54) is 0 Å². The summed E-state index contributed by atoms with van der Waals surface area (Å²) in [4.78, 5) is 2.00. The number of hydrogen-bond donors (Lipinski definition) is 0. The molecular formula is C5H14NNa. The third-order valence-corrected chi connectivity index (χ3v) is 0. The maximum atomic E-state index is 3.25. The zero-order valence-electron chi connectivity index (χ0n) is 6.15. The van der Waals surface area contributed by atoms with Gasteiger partial charge in [-0.3, -0.25) is 0 Å². The fraction of sp³-hybridized carbons (Fsp3) is 0.800. The molecule has 2 heteroatoms. The van der Waals surface area contributed by atoms with E-state index >= 15 is 0 Å². The van der Waals surface area contributed by atoms with E-state index in [0.29, 0.717) is 0 Å². The molecule has 0 radical (unpaired) electrons. The summed E-state index contributed by atoms with van der Waals surface area (Å²) >= 11 is 0. The Morgan fingerprint density at radius 1 is 1.00 bits per heavy atom. The fourth-order valence-corrected chi connectivity index (χ4v) is 0. The van der Waals surface area contributed by atoms with Crippen LogP contribution in [0, 0.1) is 6.92 Å². The predicted octanol–water partition coefficient (Wildman–Crippen LogP) is -1.98. The Bertz CT molecular complexity index is 12.8. The van der Waals surface area contributed by atoms with E-state index in [9.17, 15) is 0 Å². The van der Waals surface area contributed by atoms with Crippen LogP contribution in [0.5, 0.6) is 0 Å². The van der Waals surface area contributed by atoms with Crippen LogP contribution in [-0.4, -0.2) is 26.0 Å². The molecule has 0 spiro atoms. The molecule has 0 N–H and O–H groups in total. The van der Waals surface area contributed by atoms with Crippen LogP contribution in [0.4, 0.5) is 0 Å². The average Bonchev–Trinajstić information content (AvgIpc) is 1.41. The standard InChI is InChI=1S/C3H9N.C2H5.Na/c1-4(2)3;1-2;/h1-3H3;1H2,2H3;/q;-1;+1. The van der Waals surface area contributed by atoms with Gasteiger partial charge < -0.3 is 11.8 Å². The van der Waals surface area contributed by atoms with Gasteiger partial charge in [0.1, 0.15) is 0 Å². The predicted molar refractivity (Wildman–Crippen MR) is 30.6 cm³/mol. The van der Waals surface area contributed by atoms with Crippen LogP contribution in [-0.2, 0) is 0 Å². The van der Waals surface area contributed by atoms with Gasteiger partial charge in [-0.05, 0) is 21.1 Å². The Balaban J connectivity index is -0.0000000480. The van der Waals surface area contributed by atoms with E-state index < -0.39 is 0 Å². The SMILES string of the molecule is CN(C)C.[CH2-]C.[Na+]. The van der Waals surface area contributed by atoms with Crippen LogP contribution in [0.15, 0.2) is 0 Å². The second kappa shape index (κ2) is 15.8. The maximum Gasteiger partial charge on any atom is 1.00 e. The zero-order valence-corrected chi connectivity index (χ0v) is 8.15. The third-order valence-electron chi connectivity index (χ3n) is 0. The molecule has 0 heterocycles. The van der Waals surface area contributed by atoms with Crippen LogP contribution in [0.25, 0.3) is 0 Å². The van der Waals surface area contributed by atoms with Gasteiger partial charge in [-0.2, -0.15) is 6.92 Å². The van der Waals surface area contributed by atoms with Crippen molar-refractivity contribution in [3.8, 4) is 0 Å².